The Balaban J connectivity index is 3.07. The molecule has 78 valence electrons. The van der Waals surface area contributed by atoms with Crippen LogP contribution in [0.3, 0.4) is 0 Å². The zero-order chi connectivity index (χ0) is 10.7. The Bertz CT molecular complexity index is 302. The summed E-state index contributed by atoms with van der Waals surface area (Å²) in [5.41, 5.74) is 8.68. The molecule has 0 heterocycles. The highest BCUT2D eigenvalue weighted by Gasteiger charge is 2.13. The molecule has 1 atom stereocenters. The summed E-state index contributed by atoms with van der Waals surface area (Å²) in [6.07, 6.45) is 0.137. The van der Waals surface area contributed by atoms with Crippen molar-refractivity contribution >= 4 is 15.9 Å². The average molecular weight is 258 g/mol. The summed E-state index contributed by atoms with van der Waals surface area (Å²) in [4.78, 5) is 0. The summed E-state index contributed by atoms with van der Waals surface area (Å²) >= 11 is 3.47. The molecule has 0 aliphatic heterocycles. The fourth-order valence-corrected chi connectivity index (χ4v) is 2.59. The van der Waals surface area contributed by atoms with Gasteiger partial charge in [0.05, 0.1) is 6.10 Å². The van der Waals surface area contributed by atoms with E-state index >= 15 is 0 Å². The van der Waals surface area contributed by atoms with E-state index in [0.29, 0.717) is 13.0 Å². The maximum absolute atomic E-state index is 9.86. The zero-order valence-corrected chi connectivity index (χ0v) is 10.1. The normalized spacial score (nSPS) is 12.9. The van der Waals surface area contributed by atoms with Gasteiger partial charge in [-0.15, -0.1) is 0 Å². The molecular weight excluding hydrogens is 242 g/mol. The molecule has 0 radical (unpaired) electrons. The summed E-state index contributed by atoms with van der Waals surface area (Å²) in [6.45, 7) is 4.55. The quantitative estimate of drug-likeness (QED) is 0.874. The van der Waals surface area contributed by atoms with Gasteiger partial charge in [-0.2, -0.15) is 0 Å². The van der Waals surface area contributed by atoms with E-state index in [1.807, 2.05) is 19.9 Å². The number of nitrogens with two attached hydrogens (primary N) is 1. The number of benzene rings is 1. The van der Waals surface area contributed by atoms with Gasteiger partial charge in [-0.05, 0) is 49.6 Å². The fraction of sp³-hybridized carbons (Fsp3) is 0.455. The molecule has 1 aromatic carbocycles. The summed E-state index contributed by atoms with van der Waals surface area (Å²) in [6, 6.07) is 4.09. The van der Waals surface area contributed by atoms with E-state index in [0.717, 1.165) is 15.6 Å². The molecule has 1 unspecified atom stereocenters. The predicted molar refractivity (Wildman–Crippen MR) is 62.2 cm³/mol. The Morgan fingerprint density at radius 1 is 1.43 bits per heavy atom. The van der Waals surface area contributed by atoms with Crippen molar-refractivity contribution < 1.29 is 5.11 Å². The van der Waals surface area contributed by atoms with Crippen molar-refractivity contribution in [2.45, 2.75) is 26.4 Å². The molecule has 0 spiro atoms. The minimum atomic E-state index is -0.463. The first kappa shape index (κ1) is 11.7. The lowest BCUT2D eigenvalue weighted by atomic mass is 9.99. The van der Waals surface area contributed by atoms with Gasteiger partial charge in [0, 0.05) is 4.47 Å². The fourth-order valence-electron chi connectivity index (χ4n) is 1.65. The van der Waals surface area contributed by atoms with Gasteiger partial charge in [0.25, 0.3) is 0 Å². The van der Waals surface area contributed by atoms with Gasteiger partial charge in [0.2, 0.25) is 0 Å². The van der Waals surface area contributed by atoms with Crippen LogP contribution in [0, 0.1) is 13.8 Å². The standard InChI is InChI=1S/C11H16BrNO/c1-7-5-8(2)11(9(12)6-7)10(14)3-4-13/h5-6,10,14H,3-4,13H2,1-2H3. The summed E-state index contributed by atoms with van der Waals surface area (Å²) in [5, 5.41) is 9.86. The minimum absolute atomic E-state index is 0.463. The Morgan fingerprint density at radius 3 is 2.57 bits per heavy atom. The predicted octanol–water partition coefficient (Wildman–Crippen LogP) is 2.45. The molecule has 0 fully saturated rings. The summed E-state index contributed by atoms with van der Waals surface area (Å²) in [5.74, 6) is 0. The van der Waals surface area contributed by atoms with Crippen LogP contribution in [0.15, 0.2) is 16.6 Å². The van der Waals surface area contributed by atoms with Crippen molar-refractivity contribution in [1.82, 2.24) is 0 Å². The highest BCUT2D eigenvalue weighted by molar-refractivity contribution is 9.10. The van der Waals surface area contributed by atoms with Crippen LogP contribution in [0.2, 0.25) is 0 Å². The molecule has 0 amide bonds. The van der Waals surface area contributed by atoms with E-state index in [9.17, 15) is 5.11 Å². The molecular formula is C11H16BrNO. The van der Waals surface area contributed by atoms with E-state index in [-0.39, 0.29) is 0 Å². The van der Waals surface area contributed by atoms with Crippen LogP contribution >= 0.6 is 15.9 Å². The van der Waals surface area contributed by atoms with E-state index in [1.165, 1.54) is 5.56 Å². The van der Waals surface area contributed by atoms with Gasteiger partial charge >= 0.3 is 0 Å². The maximum Gasteiger partial charge on any atom is 0.0815 e. The number of aliphatic hydroxyl groups excluding tert-OH is 1. The average Bonchev–Trinajstić information content (AvgIpc) is 2.01. The van der Waals surface area contributed by atoms with E-state index in [2.05, 4.69) is 22.0 Å². The van der Waals surface area contributed by atoms with Gasteiger partial charge in [-0.25, -0.2) is 0 Å². The van der Waals surface area contributed by atoms with Crippen LogP contribution in [-0.2, 0) is 0 Å². The summed E-state index contributed by atoms with van der Waals surface area (Å²) in [7, 11) is 0. The molecule has 3 N–H and O–H groups in total. The molecule has 14 heavy (non-hydrogen) atoms. The lowest BCUT2D eigenvalue weighted by Gasteiger charge is -2.15. The second-order valence-corrected chi connectivity index (χ2v) is 4.42. The van der Waals surface area contributed by atoms with Gasteiger partial charge in [0.1, 0.15) is 0 Å². The lowest BCUT2D eigenvalue weighted by molar-refractivity contribution is 0.169. The second-order valence-electron chi connectivity index (χ2n) is 3.57. The number of hydrogen-bond acceptors (Lipinski definition) is 2. The van der Waals surface area contributed by atoms with Crippen molar-refractivity contribution in [3.63, 3.8) is 0 Å². The van der Waals surface area contributed by atoms with Crippen LogP contribution in [0.5, 0.6) is 0 Å². The molecule has 1 rings (SSSR count). The van der Waals surface area contributed by atoms with Crippen molar-refractivity contribution in [3.05, 3.63) is 33.3 Å². The molecule has 0 aromatic heterocycles. The molecule has 0 aliphatic carbocycles. The Morgan fingerprint density at radius 2 is 2.07 bits per heavy atom. The van der Waals surface area contributed by atoms with Crippen molar-refractivity contribution in [1.29, 1.82) is 0 Å². The largest absolute Gasteiger partial charge is 0.388 e. The topological polar surface area (TPSA) is 46.2 Å². The van der Waals surface area contributed by atoms with E-state index in [1.54, 1.807) is 0 Å². The molecule has 0 saturated heterocycles. The van der Waals surface area contributed by atoms with E-state index < -0.39 is 6.10 Å². The minimum Gasteiger partial charge on any atom is -0.388 e. The van der Waals surface area contributed by atoms with Crippen LogP contribution in [0.25, 0.3) is 0 Å². The van der Waals surface area contributed by atoms with Crippen molar-refractivity contribution in [2.24, 2.45) is 5.73 Å². The SMILES string of the molecule is Cc1cc(C)c(C(O)CCN)c(Br)c1. The first-order valence-electron chi connectivity index (χ1n) is 4.71. The van der Waals surface area contributed by atoms with E-state index in [4.69, 9.17) is 5.73 Å². The third-order valence-corrected chi connectivity index (χ3v) is 2.91. The van der Waals surface area contributed by atoms with Gasteiger partial charge in [-0.1, -0.05) is 22.0 Å². The van der Waals surface area contributed by atoms with Crippen molar-refractivity contribution in [2.75, 3.05) is 6.54 Å². The molecule has 0 aliphatic rings. The first-order chi connectivity index (χ1) is 6.56. The summed E-state index contributed by atoms with van der Waals surface area (Å²) < 4.78 is 0.968. The second kappa shape index (κ2) is 4.91. The number of aliphatic hydroxyl groups is 1. The van der Waals surface area contributed by atoms with Gasteiger partial charge in [-0.3, -0.25) is 0 Å². The Hall–Kier alpha value is -0.380. The number of hydrogen-bond donors (Lipinski definition) is 2. The van der Waals surface area contributed by atoms with Gasteiger partial charge < -0.3 is 10.8 Å². The van der Waals surface area contributed by atoms with Crippen LogP contribution in [0.1, 0.15) is 29.2 Å². The Labute approximate surface area is 93.3 Å². The number of aryl methyl sites for hydroxylation is 2. The molecule has 1 aromatic rings. The third-order valence-electron chi connectivity index (χ3n) is 2.25. The van der Waals surface area contributed by atoms with Gasteiger partial charge in [0.15, 0.2) is 0 Å². The first-order valence-corrected chi connectivity index (χ1v) is 5.50. The molecule has 0 saturated carbocycles. The maximum atomic E-state index is 9.86. The number of halogens is 1. The smallest absolute Gasteiger partial charge is 0.0815 e. The number of rotatable bonds is 3. The van der Waals surface area contributed by atoms with Crippen molar-refractivity contribution in [3.8, 4) is 0 Å². The molecule has 2 nitrogen and oxygen atoms in total. The lowest BCUT2D eigenvalue weighted by Crippen LogP contribution is -2.08. The highest BCUT2D eigenvalue weighted by Crippen LogP contribution is 2.29. The van der Waals surface area contributed by atoms with Crippen LogP contribution in [0.4, 0.5) is 0 Å². The van der Waals surface area contributed by atoms with Crippen LogP contribution < -0.4 is 5.73 Å². The monoisotopic (exact) mass is 257 g/mol. The Kier molecular flexibility index (Phi) is 4.11. The molecule has 3 heteroatoms. The van der Waals surface area contributed by atoms with Crippen LogP contribution in [-0.4, -0.2) is 11.7 Å². The zero-order valence-electron chi connectivity index (χ0n) is 8.55. The third kappa shape index (κ3) is 2.56. The highest BCUT2D eigenvalue weighted by atomic mass is 79.9. The molecule has 0 bridgehead atoms.